The third kappa shape index (κ3) is 2.60. The van der Waals surface area contributed by atoms with Crippen LogP contribution in [0.15, 0.2) is 65.6 Å². The van der Waals surface area contributed by atoms with Crippen molar-refractivity contribution < 1.29 is 8.42 Å². The molecule has 2 aromatic rings. The molecule has 0 radical (unpaired) electrons. The number of hydrogen-bond acceptors (Lipinski definition) is 3. The van der Waals surface area contributed by atoms with Crippen LogP contribution < -0.4 is 15.8 Å². The van der Waals surface area contributed by atoms with Gasteiger partial charge in [0.15, 0.2) is 9.84 Å². The van der Waals surface area contributed by atoms with Crippen LogP contribution in [-0.4, -0.2) is 20.2 Å². The minimum absolute atomic E-state index is 0.181. The molecule has 1 aliphatic heterocycles. The van der Waals surface area contributed by atoms with Gasteiger partial charge in [0, 0.05) is 11.5 Å². The Morgan fingerprint density at radius 3 is 2.50 bits per heavy atom. The zero-order valence-corrected chi connectivity index (χ0v) is 16.1. The highest BCUT2D eigenvalue weighted by Crippen LogP contribution is 2.36. The largest absolute Gasteiger partial charge is 0.375 e. The maximum absolute atomic E-state index is 12.1. The van der Waals surface area contributed by atoms with Crippen molar-refractivity contribution in [3.05, 3.63) is 76.7 Å². The number of nitrogens with one attached hydrogen (secondary N) is 1. The molecule has 0 saturated heterocycles. The first-order valence-corrected chi connectivity index (χ1v) is 10.8. The molecule has 0 bridgehead atoms. The summed E-state index contributed by atoms with van der Waals surface area (Å²) in [5.74, 6) is 0.434. The Balaban J connectivity index is 2.16. The second-order valence-electron chi connectivity index (χ2n) is 7.50. The monoisotopic (exact) mass is 365 g/mol. The van der Waals surface area contributed by atoms with Gasteiger partial charge in [0.05, 0.1) is 16.1 Å². The first-order valence-electron chi connectivity index (χ1n) is 8.90. The zero-order valence-electron chi connectivity index (χ0n) is 15.3. The summed E-state index contributed by atoms with van der Waals surface area (Å²) in [7, 11) is -3.27. The first kappa shape index (κ1) is 17.1. The molecule has 4 rings (SSSR count). The quantitative estimate of drug-likeness (QED) is 0.889. The summed E-state index contributed by atoms with van der Waals surface area (Å²) in [6.07, 6.45) is 6.68. The molecule has 0 fully saturated rings. The number of fused-ring (bicyclic) bond motifs is 2. The first-order chi connectivity index (χ1) is 12.3. The summed E-state index contributed by atoms with van der Waals surface area (Å²) < 4.78 is 24.2. The summed E-state index contributed by atoms with van der Waals surface area (Å²) in [6.45, 7) is 4.50. The molecule has 1 aliphatic carbocycles. The van der Waals surface area contributed by atoms with Gasteiger partial charge in [-0.2, -0.15) is 0 Å². The van der Waals surface area contributed by atoms with Crippen LogP contribution in [0.4, 0.5) is 0 Å². The topological polar surface area (TPSA) is 46.2 Å². The highest BCUT2D eigenvalue weighted by atomic mass is 32.2. The third-order valence-corrected chi connectivity index (χ3v) is 6.86. The van der Waals surface area contributed by atoms with E-state index in [4.69, 9.17) is 0 Å². The predicted octanol–water partition coefficient (Wildman–Crippen LogP) is 2.36. The molecular weight excluding hydrogens is 342 g/mol. The maximum atomic E-state index is 12.1. The van der Waals surface area contributed by atoms with Crippen LogP contribution >= 0.6 is 0 Å². The van der Waals surface area contributed by atoms with Crippen LogP contribution in [0.1, 0.15) is 25.8 Å². The van der Waals surface area contributed by atoms with E-state index in [1.807, 2.05) is 24.3 Å². The van der Waals surface area contributed by atoms with Crippen molar-refractivity contribution in [3.8, 4) is 0 Å². The minimum atomic E-state index is -3.27. The van der Waals surface area contributed by atoms with E-state index in [9.17, 15) is 8.42 Å². The zero-order chi connectivity index (χ0) is 18.5. The number of hydrogen-bond donors (Lipinski definition) is 1. The molecule has 3 nitrogen and oxygen atoms in total. The lowest BCUT2D eigenvalue weighted by atomic mass is 9.72. The second kappa shape index (κ2) is 5.85. The van der Waals surface area contributed by atoms with Gasteiger partial charge in [-0.1, -0.05) is 55.5 Å². The fourth-order valence-electron chi connectivity index (χ4n) is 3.98. The molecule has 4 heteroatoms. The van der Waals surface area contributed by atoms with E-state index in [0.717, 1.165) is 28.1 Å². The molecule has 0 amide bonds. The molecule has 0 saturated carbocycles. The van der Waals surface area contributed by atoms with Crippen molar-refractivity contribution in [3.63, 3.8) is 0 Å². The summed E-state index contributed by atoms with van der Waals surface area (Å²) in [6, 6.07) is 15.6. The van der Waals surface area contributed by atoms with Crippen LogP contribution in [0, 0.1) is 5.92 Å². The Morgan fingerprint density at radius 2 is 1.81 bits per heavy atom. The molecule has 2 unspecified atom stereocenters. The lowest BCUT2D eigenvalue weighted by molar-refractivity contribution is 0.351. The third-order valence-electron chi connectivity index (χ3n) is 5.75. The Bertz CT molecular complexity index is 1130. The molecular formula is C22H23NO2S. The highest BCUT2D eigenvalue weighted by Gasteiger charge is 2.38. The molecule has 2 aliphatic rings. The van der Waals surface area contributed by atoms with Crippen molar-refractivity contribution in [2.24, 2.45) is 5.92 Å². The van der Waals surface area contributed by atoms with E-state index in [1.54, 1.807) is 12.1 Å². The molecule has 2 atom stereocenters. The Kier molecular flexibility index (Phi) is 3.85. The number of sulfone groups is 1. The van der Waals surface area contributed by atoms with Gasteiger partial charge in [-0.15, -0.1) is 0 Å². The van der Waals surface area contributed by atoms with Crippen LogP contribution in [0.3, 0.4) is 0 Å². The Hall–Kier alpha value is -2.33. The fourth-order valence-corrected chi connectivity index (χ4v) is 4.63. The van der Waals surface area contributed by atoms with Crippen LogP contribution in [0.2, 0.25) is 0 Å². The van der Waals surface area contributed by atoms with E-state index < -0.39 is 9.84 Å². The van der Waals surface area contributed by atoms with Gasteiger partial charge >= 0.3 is 0 Å². The van der Waals surface area contributed by atoms with E-state index in [0.29, 0.717) is 10.8 Å². The summed E-state index contributed by atoms with van der Waals surface area (Å²) in [4.78, 5) is 0.350. The Morgan fingerprint density at radius 1 is 1.08 bits per heavy atom. The number of allylic oxidation sites excluding steroid dienone is 1. The SMILES string of the molecule is CC1CC=CC2=c3ccc(S(C)(=O)=O)cc3=C(c3ccccc3)NC21C. The minimum Gasteiger partial charge on any atom is -0.375 e. The van der Waals surface area contributed by atoms with E-state index >= 15 is 0 Å². The highest BCUT2D eigenvalue weighted by molar-refractivity contribution is 7.90. The molecule has 1 heterocycles. The van der Waals surface area contributed by atoms with Crippen molar-refractivity contribution in [2.75, 3.05) is 6.26 Å². The molecule has 134 valence electrons. The average Bonchev–Trinajstić information content (AvgIpc) is 2.62. The van der Waals surface area contributed by atoms with Crippen LogP contribution in [0.25, 0.3) is 11.3 Å². The van der Waals surface area contributed by atoms with Crippen molar-refractivity contribution in [1.29, 1.82) is 0 Å². The van der Waals surface area contributed by atoms with Crippen molar-refractivity contribution in [1.82, 2.24) is 5.32 Å². The van der Waals surface area contributed by atoms with Gasteiger partial charge in [-0.25, -0.2) is 8.42 Å². The lowest BCUT2D eigenvalue weighted by Gasteiger charge is -2.44. The molecule has 0 spiro atoms. The lowest BCUT2D eigenvalue weighted by Crippen LogP contribution is -2.57. The van der Waals surface area contributed by atoms with E-state index in [2.05, 4.69) is 43.4 Å². The van der Waals surface area contributed by atoms with Crippen molar-refractivity contribution in [2.45, 2.75) is 30.7 Å². The summed E-state index contributed by atoms with van der Waals surface area (Å²) in [5, 5.41) is 5.83. The summed E-state index contributed by atoms with van der Waals surface area (Å²) >= 11 is 0. The maximum Gasteiger partial charge on any atom is 0.175 e. The fraction of sp³-hybridized carbons (Fsp3) is 0.273. The van der Waals surface area contributed by atoms with Crippen LogP contribution in [0.5, 0.6) is 0 Å². The molecule has 0 aromatic heterocycles. The number of rotatable bonds is 2. The van der Waals surface area contributed by atoms with Gasteiger partial charge in [0.2, 0.25) is 0 Å². The summed E-state index contributed by atoms with van der Waals surface area (Å²) in [5.41, 5.74) is 3.12. The number of benzene rings is 2. The molecule has 26 heavy (non-hydrogen) atoms. The van der Waals surface area contributed by atoms with Gasteiger partial charge in [0.25, 0.3) is 0 Å². The van der Waals surface area contributed by atoms with Crippen molar-refractivity contribution >= 4 is 21.1 Å². The predicted molar refractivity (Wildman–Crippen MR) is 106 cm³/mol. The van der Waals surface area contributed by atoms with Gasteiger partial charge in [-0.05, 0) is 47.8 Å². The smallest absolute Gasteiger partial charge is 0.175 e. The van der Waals surface area contributed by atoms with Gasteiger partial charge in [0.1, 0.15) is 0 Å². The Labute approximate surface area is 154 Å². The average molecular weight is 365 g/mol. The van der Waals surface area contributed by atoms with Gasteiger partial charge < -0.3 is 5.32 Å². The normalized spacial score (nSPS) is 24.7. The van der Waals surface area contributed by atoms with E-state index in [-0.39, 0.29) is 5.54 Å². The van der Waals surface area contributed by atoms with E-state index in [1.165, 1.54) is 11.8 Å². The molecule has 1 N–H and O–H groups in total. The molecule has 2 aromatic carbocycles. The van der Waals surface area contributed by atoms with Gasteiger partial charge in [-0.3, -0.25) is 0 Å². The van der Waals surface area contributed by atoms with Crippen LogP contribution in [-0.2, 0) is 9.84 Å². The second-order valence-corrected chi connectivity index (χ2v) is 9.52. The standard InChI is InChI=1S/C22H23NO2S/c1-15-8-7-11-20-18-13-12-17(26(3,24)25)14-19(18)21(23-22(15,20)2)16-9-5-4-6-10-16/h4-7,9-15,23H,8H2,1-3H3.